The Morgan fingerprint density at radius 3 is 2.48 bits per heavy atom. The maximum Gasteiger partial charge on any atom is 0.273 e. The van der Waals surface area contributed by atoms with Gasteiger partial charge in [0.05, 0.1) is 6.54 Å². The van der Waals surface area contributed by atoms with Crippen LogP contribution in [-0.2, 0) is 6.54 Å². The lowest BCUT2D eigenvalue weighted by molar-refractivity contribution is 0.0938. The number of amides is 1. The van der Waals surface area contributed by atoms with E-state index in [9.17, 15) is 4.79 Å². The molecule has 0 unspecified atom stereocenters. The van der Waals surface area contributed by atoms with Crippen molar-refractivity contribution in [1.82, 2.24) is 15.6 Å². The van der Waals surface area contributed by atoms with Crippen LogP contribution in [-0.4, -0.2) is 16.2 Å². The van der Waals surface area contributed by atoms with Crippen LogP contribution in [0.4, 0.5) is 0 Å². The van der Waals surface area contributed by atoms with Crippen LogP contribution in [0.1, 0.15) is 16.2 Å². The summed E-state index contributed by atoms with van der Waals surface area (Å²) in [7, 11) is 0. The third-order valence-electron chi connectivity index (χ3n) is 3.92. The number of carbonyl (C=O) groups is 1. The summed E-state index contributed by atoms with van der Waals surface area (Å²) in [5.74, 6) is 0.705. The molecular formula is C20H14ClN3O3. The zero-order chi connectivity index (χ0) is 18.6. The molecule has 0 atom stereocenters. The second kappa shape index (κ2) is 7.47. The first-order valence-corrected chi connectivity index (χ1v) is 8.59. The molecule has 2 aromatic carbocycles. The standard InChI is InChI=1S/C20H14ClN3O3/c21-15-8-6-13(7-9-15)17-10-16(26-23-17)12-22-20(25)18-11-19(27-24-18)14-4-2-1-3-5-14/h1-11H,12H2,(H,22,25). The van der Waals surface area contributed by atoms with Crippen molar-refractivity contribution in [3.63, 3.8) is 0 Å². The van der Waals surface area contributed by atoms with Gasteiger partial charge in [0.2, 0.25) is 0 Å². The van der Waals surface area contributed by atoms with Crippen molar-refractivity contribution in [3.05, 3.63) is 83.2 Å². The SMILES string of the molecule is O=C(NCc1cc(-c2ccc(Cl)cc2)no1)c1cc(-c2ccccc2)on1. The van der Waals surface area contributed by atoms with Gasteiger partial charge in [-0.05, 0) is 12.1 Å². The Bertz CT molecular complexity index is 1060. The van der Waals surface area contributed by atoms with E-state index in [1.807, 2.05) is 42.5 Å². The monoisotopic (exact) mass is 379 g/mol. The van der Waals surface area contributed by atoms with Crippen molar-refractivity contribution >= 4 is 17.5 Å². The molecule has 0 spiro atoms. The molecule has 4 aromatic rings. The van der Waals surface area contributed by atoms with Gasteiger partial charge >= 0.3 is 0 Å². The average Bonchev–Trinajstić information content (AvgIpc) is 3.37. The number of halogens is 1. The van der Waals surface area contributed by atoms with E-state index in [-0.39, 0.29) is 18.1 Å². The summed E-state index contributed by atoms with van der Waals surface area (Å²) in [4.78, 5) is 12.3. The summed E-state index contributed by atoms with van der Waals surface area (Å²) in [5, 5.41) is 11.2. The van der Waals surface area contributed by atoms with Crippen LogP contribution in [0.25, 0.3) is 22.6 Å². The van der Waals surface area contributed by atoms with Crippen molar-refractivity contribution in [2.45, 2.75) is 6.54 Å². The Labute approximate surface area is 159 Å². The molecule has 0 radical (unpaired) electrons. The highest BCUT2D eigenvalue weighted by atomic mass is 35.5. The van der Waals surface area contributed by atoms with Crippen molar-refractivity contribution in [2.24, 2.45) is 0 Å². The number of rotatable bonds is 5. The predicted molar refractivity (Wildman–Crippen MR) is 100 cm³/mol. The Hall–Kier alpha value is -3.38. The van der Waals surface area contributed by atoms with Gasteiger partial charge in [-0.15, -0.1) is 0 Å². The van der Waals surface area contributed by atoms with Crippen LogP contribution < -0.4 is 5.32 Å². The van der Waals surface area contributed by atoms with Crippen molar-refractivity contribution in [3.8, 4) is 22.6 Å². The van der Waals surface area contributed by atoms with Gasteiger partial charge in [0, 0.05) is 28.3 Å². The predicted octanol–water partition coefficient (Wildman–Crippen LogP) is 4.58. The molecule has 7 heteroatoms. The molecule has 0 aliphatic rings. The van der Waals surface area contributed by atoms with Crippen LogP contribution in [0.15, 0.2) is 75.8 Å². The topological polar surface area (TPSA) is 81.2 Å². The summed E-state index contributed by atoms with van der Waals surface area (Å²) >= 11 is 5.88. The molecule has 0 saturated heterocycles. The van der Waals surface area contributed by atoms with Gasteiger partial charge < -0.3 is 14.4 Å². The maximum absolute atomic E-state index is 12.3. The number of benzene rings is 2. The molecule has 6 nitrogen and oxygen atoms in total. The fraction of sp³-hybridized carbons (Fsp3) is 0.0500. The third kappa shape index (κ3) is 3.91. The number of aromatic nitrogens is 2. The average molecular weight is 380 g/mol. The summed E-state index contributed by atoms with van der Waals surface area (Å²) in [6.45, 7) is 0.187. The molecule has 0 fully saturated rings. The fourth-order valence-corrected chi connectivity index (χ4v) is 2.66. The molecule has 0 saturated carbocycles. The van der Waals surface area contributed by atoms with Crippen LogP contribution in [0.3, 0.4) is 0 Å². The molecular weight excluding hydrogens is 366 g/mol. The highest BCUT2D eigenvalue weighted by Gasteiger charge is 2.14. The molecule has 1 N–H and O–H groups in total. The van der Waals surface area contributed by atoms with E-state index in [0.717, 1.165) is 11.1 Å². The lowest BCUT2D eigenvalue weighted by atomic mass is 10.1. The lowest BCUT2D eigenvalue weighted by Gasteiger charge is -1.98. The van der Waals surface area contributed by atoms with E-state index in [0.29, 0.717) is 22.2 Å². The smallest absolute Gasteiger partial charge is 0.273 e. The second-order valence-electron chi connectivity index (χ2n) is 5.81. The van der Waals surface area contributed by atoms with Crippen LogP contribution in [0, 0.1) is 0 Å². The number of nitrogens with one attached hydrogen (secondary N) is 1. The summed E-state index contributed by atoms with van der Waals surface area (Å²) < 4.78 is 10.5. The first-order chi connectivity index (χ1) is 13.2. The number of hydrogen-bond acceptors (Lipinski definition) is 5. The Balaban J connectivity index is 1.40. The van der Waals surface area contributed by atoms with Crippen LogP contribution in [0.2, 0.25) is 5.02 Å². The van der Waals surface area contributed by atoms with E-state index < -0.39 is 0 Å². The number of hydrogen-bond donors (Lipinski definition) is 1. The molecule has 2 heterocycles. The Kier molecular flexibility index (Phi) is 4.72. The minimum absolute atomic E-state index is 0.187. The van der Waals surface area contributed by atoms with Crippen molar-refractivity contribution in [2.75, 3.05) is 0 Å². The molecule has 4 rings (SSSR count). The summed E-state index contributed by atoms with van der Waals surface area (Å²) in [6.07, 6.45) is 0. The summed E-state index contributed by atoms with van der Waals surface area (Å²) in [5.41, 5.74) is 2.60. The Morgan fingerprint density at radius 2 is 1.70 bits per heavy atom. The van der Waals surface area contributed by atoms with Gasteiger partial charge in [-0.25, -0.2) is 0 Å². The van der Waals surface area contributed by atoms with Gasteiger partial charge in [-0.2, -0.15) is 0 Å². The van der Waals surface area contributed by atoms with E-state index in [4.69, 9.17) is 20.6 Å². The molecule has 134 valence electrons. The van der Waals surface area contributed by atoms with Gasteiger partial charge in [0.25, 0.3) is 5.91 Å². The molecule has 0 bridgehead atoms. The molecule has 27 heavy (non-hydrogen) atoms. The number of carbonyl (C=O) groups excluding carboxylic acids is 1. The van der Waals surface area contributed by atoms with Crippen molar-refractivity contribution < 1.29 is 13.8 Å². The Morgan fingerprint density at radius 1 is 0.926 bits per heavy atom. The van der Waals surface area contributed by atoms with Gasteiger partial charge in [0.1, 0.15) is 5.69 Å². The van der Waals surface area contributed by atoms with Gasteiger partial charge in [0.15, 0.2) is 17.2 Å². The highest BCUT2D eigenvalue weighted by molar-refractivity contribution is 6.30. The second-order valence-corrected chi connectivity index (χ2v) is 6.25. The van der Waals surface area contributed by atoms with E-state index in [1.54, 1.807) is 24.3 Å². The van der Waals surface area contributed by atoms with E-state index in [1.165, 1.54) is 0 Å². The van der Waals surface area contributed by atoms with Crippen LogP contribution in [0.5, 0.6) is 0 Å². The molecule has 0 aliphatic heterocycles. The molecule has 0 aliphatic carbocycles. The minimum Gasteiger partial charge on any atom is -0.359 e. The van der Waals surface area contributed by atoms with E-state index >= 15 is 0 Å². The van der Waals surface area contributed by atoms with E-state index in [2.05, 4.69) is 15.6 Å². The molecule has 2 aromatic heterocycles. The maximum atomic E-state index is 12.3. The van der Waals surface area contributed by atoms with Crippen LogP contribution >= 0.6 is 11.6 Å². The minimum atomic E-state index is -0.356. The lowest BCUT2D eigenvalue weighted by Crippen LogP contribution is -2.22. The van der Waals surface area contributed by atoms with Gasteiger partial charge in [-0.1, -0.05) is 64.4 Å². The van der Waals surface area contributed by atoms with Gasteiger partial charge in [-0.3, -0.25) is 4.79 Å². The normalized spacial score (nSPS) is 10.7. The largest absolute Gasteiger partial charge is 0.359 e. The quantitative estimate of drug-likeness (QED) is 0.549. The zero-order valence-electron chi connectivity index (χ0n) is 14.1. The zero-order valence-corrected chi connectivity index (χ0v) is 14.8. The number of nitrogens with zero attached hydrogens (tertiary/aromatic N) is 2. The first-order valence-electron chi connectivity index (χ1n) is 8.21. The first kappa shape index (κ1) is 17.1. The fourth-order valence-electron chi connectivity index (χ4n) is 2.53. The molecule has 1 amide bonds. The van der Waals surface area contributed by atoms with Crippen molar-refractivity contribution in [1.29, 1.82) is 0 Å². The summed E-state index contributed by atoms with van der Waals surface area (Å²) in [6, 6.07) is 20.1. The highest BCUT2D eigenvalue weighted by Crippen LogP contribution is 2.22. The third-order valence-corrected chi connectivity index (χ3v) is 4.18.